The van der Waals surface area contributed by atoms with Crippen LogP contribution in [0, 0.1) is 0 Å². The van der Waals surface area contributed by atoms with Crippen LogP contribution >= 0.6 is 0 Å². The lowest BCUT2D eigenvalue weighted by atomic mass is 9.99. The number of benzene rings is 1. The van der Waals surface area contributed by atoms with E-state index in [1.165, 1.54) is 22.4 Å². The second kappa shape index (κ2) is 6.69. The lowest BCUT2D eigenvalue weighted by Gasteiger charge is -2.31. The minimum Gasteiger partial charge on any atom is -0.378 e. The summed E-state index contributed by atoms with van der Waals surface area (Å²) in [6.45, 7) is 5.43. The van der Waals surface area contributed by atoms with Gasteiger partial charge < -0.3 is 15.0 Å². The number of nitrogens with one attached hydrogen (secondary N) is 1. The van der Waals surface area contributed by atoms with Gasteiger partial charge in [0, 0.05) is 44.7 Å². The summed E-state index contributed by atoms with van der Waals surface area (Å²) >= 11 is 0. The van der Waals surface area contributed by atoms with E-state index in [-0.39, 0.29) is 0 Å². The van der Waals surface area contributed by atoms with Crippen molar-refractivity contribution in [3.05, 3.63) is 58.8 Å². The molecule has 1 aromatic heterocycles. The maximum Gasteiger partial charge on any atom is 0.132 e. The van der Waals surface area contributed by atoms with E-state index >= 15 is 0 Å². The molecule has 1 aromatic carbocycles. The van der Waals surface area contributed by atoms with E-state index in [9.17, 15) is 0 Å². The van der Waals surface area contributed by atoms with Crippen LogP contribution in [-0.2, 0) is 24.1 Å². The van der Waals surface area contributed by atoms with E-state index < -0.39 is 0 Å². The Kier molecular flexibility index (Phi) is 4.26. The lowest BCUT2D eigenvalue weighted by molar-refractivity contribution is 0.122. The molecule has 0 aliphatic carbocycles. The third kappa shape index (κ3) is 3.23. The van der Waals surface area contributed by atoms with Crippen molar-refractivity contribution in [1.29, 1.82) is 0 Å². The molecule has 0 spiro atoms. The summed E-state index contributed by atoms with van der Waals surface area (Å²) in [5.74, 6) is 1.16. The van der Waals surface area contributed by atoms with Crippen LogP contribution < -0.4 is 10.2 Å². The predicted molar refractivity (Wildman–Crippen MR) is 91.9 cm³/mol. The van der Waals surface area contributed by atoms with E-state index in [2.05, 4.69) is 46.6 Å². The first-order valence-electron chi connectivity index (χ1n) is 8.49. The average Bonchev–Trinajstić information content (AvgIpc) is 2.63. The summed E-state index contributed by atoms with van der Waals surface area (Å²) < 4.78 is 5.51. The van der Waals surface area contributed by atoms with Crippen molar-refractivity contribution in [2.75, 3.05) is 37.7 Å². The van der Waals surface area contributed by atoms with Crippen LogP contribution in [0.5, 0.6) is 0 Å². The van der Waals surface area contributed by atoms with Gasteiger partial charge in [0.2, 0.25) is 0 Å². The SMILES string of the molecule is c1ccc(Cc2cc3c(nc2N2CCOCC2)CCNC3)cc1. The number of ether oxygens (including phenoxy) is 1. The van der Waals surface area contributed by atoms with Crippen molar-refractivity contribution in [2.45, 2.75) is 19.4 Å². The van der Waals surface area contributed by atoms with Gasteiger partial charge in [-0.3, -0.25) is 0 Å². The molecule has 23 heavy (non-hydrogen) atoms. The molecule has 0 saturated carbocycles. The molecule has 0 bridgehead atoms. The van der Waals surface area contributed by atoms with Gasteiger partial charge in [0.1, 0.15) is 5.82 Å². The maximum absolute atomic E-state index is 5.51. The molecule has 4 rings (SSSR count). The number of hydrogen-bond donors (Lipinski definition) is 1. The molecule has 120 valence electrons. The van der Waals surface area contributed by atoms with Crippen LogP contribution in [0.1, 0.15) is 22.4 Å². The van der Waals surface area contributed by atoms with Gasteiger partial charge in [0.25, 0.3) is 0 Å². The molecule has 4 nitrogen and oxygen atoms in total. The number of rotatable bonds is 3. The van der Waals surface area contributed by atoms with Crippen LogP contribution in [0.25, 0.3) is 0 Å². The Balaban J connectivity index is 1.71. The summed E-state index contributed by atoms with van der Waals surface area (Å²) in [7, 11) is 0. The fourth-order valence-electron chi connectivity index (χ4n) is 3.42. The first-order valence-corrected chi connectivity index (χ1v) is 8.49. The Morgan fingerprint density at radius 1 is 1.13 bits per heavy atom. The fourth-order valence-corrected chi connectivity index (χ4v) is 3.42. The van der Waals surface area contributed by atoms with Gasteiger partial charge in [-0.25, -0.2) is 4.98 Å². The standard InChI is InChI=1S/C19H23N3O/c1-2-4-15(5-3-1)12-16-13-17-14-20-7-6-18(17)21-19(16)22-8-10-23-11-9-22/h1-5,13,20H,6-12,14H2. The van der Waals surface area contributed by atoms with E-state index in [0.717, 1.165) is 58.1 Å². The topological polar surface area (TPSA) is 37.4 Å². The van der Waals surface area contributed by atoms with Gasteiger partial charge in [0.05, 0.1) is 13.2 Å². The molecular weight excluding hydrogens is 286 g/mol. The van der Waals surface area contributed by atoms with Gasteiger partial charge in [-0.05, 0) is 22.8 Å². The molecule has 0 radical (unpaired) electrons. The van der Waals surface area contributed by atoms with Crippen LogP contribution in [0.3, 0.4) is 0 Å². The normalized spacial score (nSPS) is 17.8. The highest BCUT2D eigenvalue weighted by Gasteiger charge is 2.20. The molecule has 0 atom stereocenters. The van der Waals surface area contributed by atoms with Gasteiger partial charge >= 0.3 is 0 Å². The van der Waals surface area contributed by atoms with E-state index in [1.54, 1.807) is 0 Å². The van der Waals surface area contributed by atoms with Crippen molar-refractivity contribution in [1.82, 2.24) is 10.3 Å². The number of nitrogens with zero attached hydrogens (tertiary/aromatic N) is 2. The quantitative estimate of drug-likeness (QED) is 0.943. The van der Waals surface area contributed by atoms with Gasteiger partial charge in [0.15, 0.2) is 0 Å². The highest BCUT2D eigenvalue weighted by Crippen LogP contribution is 2.26. The Bertz CT molecular complexity index is 666. The minimum absolute atomic E-state index is 0.797. The molecule has 3 heterocycles. The summed E-state index contributed by atoms with van der Waals surface area (Å²) in [4.78, 5) is 7.46. The first kappa shape index (κ1) is 14.7. The van der Waals surface area contributed by atoms with Gasteiger partial charge in [-0.1, -0.05) is 30.3 Å². The molecular formula is C19H23N3O. The summed E-state index contributed by atoms with van der Waals surface area (Å²) in [5.41, 5.74) is 5.30. The molecule has 1 N–H and O–H groups in total. The number of morpholine rings is 1. The zero-order chi connectivity index (χ0) is 15.5. The highest BCUT2D eigenvalue weighted by molar-refractivity contribution is 5.52. The van der Waals surface area contributed by atoms with Crippen LogP contribution in [-0.4, -0.2) is 37.8 Å². The van der Waals surface area contributed by atoms with E-state index in [0.29, 0.717) is 0 Å². The second-order valence-electron chi connectivity index (χ2n) is 6.27. The third-order valence-corrected chi connectivity index (χ3v) is 4.65. The van der Waals surface area contributed by atoms with Crippen molar-refractivity contribution < 1.29 is 4.74 Å². The number of aromatic nitrogens is 1. The van der Waals surface area contributed by atoms with E-state index in [4.69, 9.17) is 9.72 Å². The van der Waals surface area contributed by atoms with Crippen LogP contribution in [0.2, 0.25) is 0 Å². The molecule has 1 fully saturated rings. The fraction of sp³-hybridized carbons (Fsp3) is 0.421. The molecule has 2 aliphatic rings. The summed E-state index contributed by atoms with van der Waals surface area (Å²) in [5, 5.41) is 3.46. The Labute approximate surface area is 137 Å². The molecule has 2 aromatic rings. The zero-order valence-electron chi connectivity index (χ0n) is 13.4. The first-order chi connectivity index (χ1) is 11.4. The van der Waals surface area contributed by atoms with Gasteiger partial charge in [-0.15, -0.1) is 0 Å². The third-order valence-electron chi connectivity index (χ3n) is 4.65. The lowest BCUT2D eigenvalue weighted by Crippen LogP contribution is -2.38. The Hall–Kier alpha value is -1.91. The minimum atomic E-state index is 0.797. The molecule has 2 aliphatic heterocycles. The molecule has 1 saturated heterocycles. The van der Waals surface area contributed by atoms with E-state index in [1.807, 2.05) is 0 Å². The highest BCUT2D eigenvalue weighted by atomic mass is 16.5. The number of hydrogen-bond acceptors (Lipinski definition) is 4. The Morgan fingerprint density at radius 2 is 1.96 bits per heavy atom. The van der Waals surface area contributed by atoms with Crippen molar-refractivity contribution in [3.8, 4) is 0 Å². The summed E-state index contributed by atoms with van der Waals surface area (Å²) in [6.07, 6.45) is 1.96. The largest absolute Gasteiger partial charge is 0.378 e. The Morgan fingerprint density at radius 3 is 2.78 bits per heavy atom. The summed E-state index contributed by atoms with van der Waals surface area (Å²) in [6, 6.07) is 13.0. The van der Waals surface area contributed by atoms with Crippen LogP contribution in [0.4, 0.5) is 5.82 Å². The van der Waals surface area contributed by atoms with Crippen molar-refractivity contribution >= 4 is 5.82 Å². The van der Waals surface area contributed by atoms with Crippen LogP contribution in [0.15, 0.2) is 36.4 Å². The van der Waals surface area contributed by atoms with Crippen molar-refractivity contribution in [3.63, 3.8) is 0 Å². The maximum atomic E-state index is 5.51. The smallest absolute Gasteiger partial charge is 0.132 e. The average molecular weight is 309 g/mol. The monoisotopic (exact) mass is 309 g/mol. The van der Waals surface area contributed by atoms with Gasteiger partial charge in [-0.2, -0.15) is 0 Å². The molecule has 0 unspecified atom stereocenters. The van der Waals surface area contributed by atoms with Crippen molar-refractivity contribution in [2.24, 2.45) is 0 Å². The second-order valence-corrected chi connectivity index (χ2v) is 6.27. The zero-order valence-corrected chi connectivity index (χ0v) is 13.4. The molecule has 0 amide bonds. The predicted octanol–water partition coefficient (Wildman–Crippen LogP) is 2.15. The number of pyridine rings is 1. The number of fused-ring (bicyclic) bond motifs is 1. The number of anilines is 1. The molecule has 4 heteroatoms.